The van der Waals surface area contributed by atoms with Crippen molar-refractivity contribution in [2.24, 2.45) is 0 Å². The zero-order valence-corrected chi connectivity index (χ0v) is 13.1. The summed E-state index contributed by atoms with van der Waals surface area (Å²) in [5.41, 5.74) is 3.65. The zero-order valence-electron chi connectivity index (χ0n) is 13.1. The molecule has 0 heterocycles. The van der Waals surface area contributed by atoms with E-state index in [0.29, 0.717) is 6.61 Å². The van der Waals surface area contributed by atoms with Crippen molar-refractivity contribution >= 4 is 5.69 Å². The molecule has 3 nitrogen and oxygen atoms in total. The summed E-state index contributed by atoms with van der Waals surface area (Å²) in [5, 5.41) is 3.43. The second kappa shape index (κ2) is 7.70. The number of likely N-dealkylation sites (N-methyl/N-ethyl adjacent to an activating group) is 1. The maximum Gasteiger partial charge on any atom is 0.121 e. The summed E-state index contributed by atoms with van der Waals surface area (Å²) in [4.78, 5) is 2.11. The Bertz CT molecular complexity index is 549. The van der Waals surface area contributed by atoms with Crippen LogP contribution < -0.4 is 10.1 Å². The molecule has 0 radical (unpaired) electrons. The molecule has 0 aromatic heterocycles. The number of nitrogens with zero attached hydrogens (tertiary/aromatic N) is 1. The van der Waals surface area contributed by atoms with Gasteiger partial charge in [-0.2, -0.15) is 0 Å². The van der Waals surface area contributed by atoms with E-state index in [1.807, 2.05) is 32.3 Å². The highest BCUT2D eigenvalue weighted by atomic mass is 16.5. The van der Waals surface area contributed by atoms with E-state index in [1.165, 1.54) is 11.1 Å². The van der Waals surface area contributed by atoms with Gasteiger partial charge in [0, 0.05) is 24.8 Å². The fourth-order valence-corrected chi connectivity index (χ4v) is 1.95. The molecule has 0 saturated carbocycles. The molecular weight excluding hydrogens is 260 g/mol. The molecule has 0 aliphatic carbocycles. The summed E-state index contributed by atoms with van der Waals surface area (Å²) in [5.74, 6) is 0.908. The van der Waals surface area contributed by atoms with Crippen LogP contribution in [0.4, 0.5) is 5.69 Å². The molecule has 2 aromatic carbocycles. The van der Waals surface area contributed by atoms with E-state index in [9.17, 15) is 0 Å². The van der Waals surface area contributed by atoms with Gasteiger partial charge in [-0.15, -0.1) is 0 Å². The van der Waals surface area contributed by atoms with Crippen molar-refractivity contribution in [2.45, 2.75) is 13.5 Å². The van der Waals surface area contributed by atoms with Crippen molar-refractivity contribution in [3.63, 3.8) is 0 Å². The quantitative estimate of drug-likeness (QED) is 0.841. The second-order valence-electron chi connectivity index (χ2n) is 5.52. The monoisotopic (exact) mass is 284 g/mol. The van der Waals surface area contributed by atoms with Gasteiger partial charge in [0.15, 0.2) is 0 Å². The summed E-state index contributed by atoms with van der Waals surface area (Å²) < 4.78 is 5.74. The molecule has 21 heavy (non-hydrogen) atoms. The van der Waals surface area contributed by atoms with Crippen molar-refractivity contribution in [1.29, 1.82) is 0 Å². The molecular formula is C18H24N2O. The minimum absolute atomic E-state index is 0.703. The molecule has 0 aliphatic heterocycles. The van der Waals surface area contributed by atoms with Crippen LogP contribution in [-0.2, 0) is 6.54 Å². The normalized spacial score (nSPS) is 10.7. The Morgan fingerprint density at radius 3 is 2.52 bits per heavy atom. The Morgan fingerprint density at radius 2 is 1.81 bits per heavy atom. The van der Waals surface area contributed by atoms with Crippen LogP contribution in [0.3, 0.4) is 0 Å². The number of ether oxygens (including phenoxy) is 1. The second-order valence-corrected chi connectivity index (χ2v) is 5.52. The van der Waals surface area contributed by atoms with Gasteiger partial charge in [-0.1, -0.05) is 35.9 Å². The van der Waals surface area contributed by atoms with E-state index < -0.39 is 0 Å². The fourth-order valence-electron chi connectivity index (χ4n) is 1.95. The van der Waals surface area contributed by atoms with Crippen LogP contribution in [0.15, 0.2) is 48.5 Å². The number of benzene rings is 2. The summed E-state index contributed by atoms with van der Waals surface area (Å²) in [6, 6.07) is 16.7. The largest absolute Gasteiger partial charge is 0.492 e. The molecule has 0 fully saturated rings. The van der Waals surface area contributed by atoms with Crippen molar-refractivity contribution < 1.29 is 4.74 Å². The Balaban J connectivity index is 1.87. The molecule has 0 amide bonds. The zero-order chi connectivity index (χ0) is 15.1. The molecule has 0 unspecified atom stereocenters. The number of hydrogen-bond acceptors (Lipinski definition) is 3. The van der Waals surface area contributed by atoms with Gasteiger partial charge < -0.3 is 15.0 Å². The van der Waals surface area contributed by atoms with E-state index in [1.54, 1.807) is 0 Å². The molecule has 0 saturated heterocycles. The molecule has 0 atom stereocenters. The lowest BCUT2D eigenvalue weighted by molar-refractivity contribution is 0.261. The van der Waals surface area contributed by atoms with Gasteiger partial charge in [0.1, 0.15) is 12.4 Å². The molecule has 0 aliphatic rings. The third-order valence-corrected chi connectivity index (χ3v) is 3.26. The molecule has 3 heteroatoms. The highest BCUT2D eigenvalue weighted by Crippen LogP contribution is 2.18. The first-order valence-electron chi connectivity index (χ1n) is 7.30. The van der Waals surface area contributed by atoms with E-state index in [2.05, 4.69) is 47.5 Å². The number of aryl methyl sites for hydroxylation is 1. The van der Waals surface area contributed by atoms with Gasteiger partial charge in [-0.25, -0.2) is 0 Å². The lowest BCUT2D eigenvalue weighted by atomic mass is 10.1. The van der Waals surface area contributed by atoms with E-state index in [4.69, 9.17) is 4.74 Å². The molecule has 1 N–H and O–H groups in total. The summed E-state index contributed by atoms with van der Waals surface area (Å²) in [6.45, 7) is 4.54. The average Bonchev–Trinajstić information content (AvgIpc) is 2.47. The predicted molar refractivity (Wildman–Crippen MR) is 89.0 cm³/mol. The molecule has 2 rings (SSSR count). The summed E-state index contributed by atoms with van der Waals surface area (Å²) in [7, 11) is 4.09. The van der Waals surface area contributed by atoms with Crippen LogP contribution in [0.1, 0.15) is 11.1 Å². The van der Waals surface area contributed by atoms with Crippen LogP contribution in [-0.4, -0.2) is 32.1 Å². The standard InChI is InChI=1S/C18H24N2O/c1-15-7-9-16(10-8-15)14-19-17-5-4-6-18(13-17)21-12-11-20(2)3/h4-10,13,19H,11-12,14H2,1-3H3. The van der Waals surface area contributed by atoms with Gasteiger partial charge in [0.2, 0.25) is 0 Å². The highest BCUT2D eigenvalue weighted by molar-refractivity contribution is 5.48. The Hall–Kier alpha value is -2.00. The maximum absolute atomic E-state index is 5.74. The van der Waals surface area contributed by atoms with Crippen molar-refractivity contribution in [3.05, 3.63) is 59.7 Å². The molecule has 2 aromatic rings. The Kier molecular flexibility index (Phi) is 5.64. The Morgan fingerprint density at radius 1 is 1.05 bits per heavy atom. The van der Waals surface area contributed by atoms with Gasteiger partial charge in [0.05, 0.1) is 0 Å². The van der Waals surface area contributed by atoms with E-state index in [0.717, 1.165) is 24.5 Å². The highest BCUT2D eigenvalue weighted by Gasteiger charge is 1.98. The van der Waals surface area contributed by atoms with Crippen LogP contribution in [0.5, 0.6) is 5.75 Å². The van der Waals surface area contributed by atoms with Crippen LogP contribution in [0, 0.1) is 6.92 Å². The van der Waals surface area contributed by atoms with Crippen molar-refractivity contribution in [3.8, 4) is 5.75 Å². The van der Waals surface area contributed by atoms with Gasteiger partial charge in [-0.05, 0) is 38.7 Å². The van der Waals surface area contributed by atoms with E-state index in [-0.39, 0.29) is 0 Å². The number of rotatable bonds is 7. The van der Waals surface area contributed by atoms with Crippen LogP contribution in [0.25, 0.3) is 0 Å². The SMILES string of the molecule is Cc1ccc(CNc2cccc(OCCN(C)C)c2)cc1. The number of hydrogen-bond donors (Lipinski definition) is 1. The van der Waals surface area contributed by atoms with Crippen molar-refractivity contribution in [2.75, 3.05) is 32.6 Å². The first-order valence-corrected chi connectivity index (χ1v) is 7.30. The lowest BCUT2D eigenvalue weighted by Crippen LogP contribution is -2.19. The predicted octanol–water partition coefficient (Wildman–Crippen LogP) is 3.55. The lowest BCUT2D eigenvalue weighted by Gasteiger charge is -2.12. The summed E-state index contributed by atoms with van der Waals surface area (Å²) >= 11 is 0. The van der Waals surface area contributed by atoms with Crippen LogP contribution in [0.2, 0.25) is 0 Å². The van der Waals surface area contributed by atoms with Gasteiger partial charge in [0.25, 0.3) is 0 Å². The molecule has 0 spiro atoms. The minimum atomic E-state index is 0.703. The summed E-state index contributed by atoms with van der Waals surface area (Å²) in [6.07, 6.45) is 0. The smallest absolute Gasteiger partial charge is 0.121 e. The Labute approximate surface area is 127 Å². The third-order valence-electron chi connectivity index (χ3n) is 3.26. The van der Waals surface area contributed by atoms with Gasteiger partial charge in [-0.3, -0.25) is 0 Å². The minimum Gasteiger partial charge on any atom is -0.492 e. The first kappa shape index (κ1) is 15.4. The average molecular weight is 284 g/mol. The van der Waals surface area contributed by atoms with E-state index >= 15 is 0 Å². The first-order chi connectivity index (χ1) is 10.1. The third kappa shape index (κ3) is 5.48. The van der Waals surface area contributed by atoms with Gasteiger partial charge >= 0.3 is 0 Å². The fraction of sp³-hybridized carbons (Fsp3) is 0.333. The van der Waals surface area contributed by atoms with Crippen LogP contribution >= 0.6 is 0 Å². The van der Waals surface area contributed by atoms with Crippen molar-refractivity contribution in [1.82, 2.24) is 4.90 Å². The number of nitrogens with one attached hydrogen (secondary N) is 1. The topological polar surface area (TPSA) is 24.5 Å². The number of anilines is 1. The maximum atomic E-state index is 5.74. The molecule has 0 bridgehead atoms. The molecule has 112 valence electrons.